The Kier molecular flexibility index (Phi) is 6.68. The number of aryl methyl sites for hydroxylation is 1. The van der Waals surface area contributed by atoms with Crippen molar-refractivity contribution in [2.24, 2.45) is 0 Å². The first kappa shape index (κ1) is 21.3. The monoisotopic (exact) mass is 428 g/mol. The van der Waals surface area contributed by atoms with Gasteiger partial charge in [0.05, 0.1) is 23.2 Å². The molecule has 9 heteroatoms. The molecule has 0 unspecified atom stereocenters. The summed E-state index contributed by atoms with van der Waals surface area (Å²) in [5.41, 5.74) is 1.42. The zero-order valence-corrected chi connectivity index (χ0v) is 17.3. The number of anilines is 1. The van der Waals surface area contributed by atoms with Crippen LogP contribution in [0.25, 0.3) is 11.0 Å². The van der Waals surface area contributed by atoms with E-state index in [-0.39, 0.29) is 31.0 Å². The van der Waals surface area contributed by atoms with Crippen LogP contribution in [0.15, 0.2) is 47.3 Å². The van der Waals surface area contributed by atoms with Gasteiger partial charge in [-0.3, -0.25) is 19.0 Å². The summed E-state index contributed by atoms with van der Waals surface area (Å²) in [7, 11) is 3.03. The molecule has 0 aliphatic heterocycles. The predicted molar refractivity (Wildman–Crippen MR) is 115 cm³/mol. The van der Waals surface area contributed by atoms with Gasteiger partial charge >= 0.3 is 0 Å². The van der Waals surface area contributed by atoms with Crippen LogP contribution in [0.4, 0.5) is 5.69 Å². The zero-order valence-electron chi connectivity index (χ0n) is 16.6. The molecule has 3 rings (SSSR count). The molecule has 0 atom stereocenters. The van der Waals surface area contributed by atoms with E-state index in [2.05, 4.69) is 15.6 Å². The SMILES string of the molecule is CNC(=O)CCc1nc2ccccc2n(CC(=O)Nc2ccc(OC)c(Cl)c2)c1=O. The number of carbonyl (C=O) groups excluding carboxylic acids is 2. The number of benzene rings is 2. The van der Waals surface area contributed by atoms with E-state index in [0.717, 1.165) is 0 Å². The maximum absolute atomic E-state index is 13.0. The Morgan fingerprint density at radius 1 is 1.17 bits per heavy atom. The lowest BCUT2D eigenvalue weighted by molar-refractivity contribution is -0.120. The second kappa shape index (κ2) is 9.41. The van der Waals surface area contributed by atoms with E-state index in [1.165, 1.54) is 18.7 Å². The summed E-state index contributed by atoms with van der Waals surface area (Å²) in [6, 6.07) is 11.9. The number of aromatic nitrogens is 2. The highest BCUT2D eigenvalue weighted by atomic mass is 35.5. The molecule has 0 saturated carbocycles. The third-order valence-electron chi connectivity index (χ3n) is 4.52. The third-order valence-corrected chi connectivity index (χ3v) is 4.82. The van der Waals surface area contributed by atoms with Crippen molar-refractivity contribution in [1.82, 2.24) is 14.9 Å². The van der Waals surface area contributed by atoms with E-state index in [9.17, 15) is 14.4 Å². The van der Waals surface area contributed by atoms with Gasteiger partial charge in [-0.25, -0.2) is 4.98 Å². The van der Waals surface area contributed by atoms with E-state index in [4.69, 9.17) is 16.3 Å². The lowest BCUT2D eigenvalue weighted by Crippen LogP contribution is -2.31. The molecular weight excluding hydrogens is 408 g/mol. The minimum absolute atomic E-state index is 0.133. The molecule has 0 aliphatic carbocycles. The van der Waals surface area contributed by atoms with E-state index in [0.29, 0.717) is 27.5 Å². The number of para-hydroxylation sites is 2. The quantitative estimate of drug-likeness (QED) is 0.601. The molecule has 0 saturated heterocycles. The summed E-state index contributed by atoms with van der Waals surface area (Å²) in [6.45, 7) is -0.210. The van der Waals surface area contributed by atoms with Gasteiger partial charge in [-0.1, -0.05) is 23.7 Å². The second-order valence-electron chi connectivity index (χ2n) is 6.51. The topological polar surface area (TPSA) is 102 Å². The number of carbonyl (C=O) groups is 2. The Hall–Kier alpha value is -3.39. The van der Waals surface area contributed by atoms with Gasteiger partial charge in [-0.05, 0) is 30.3 Å². The highest BCUT2D eigenvalue weighted by Gasteiger charge is 2.15. The first-order chi connectivity index (χ1) is 14.4. The number of rotatable bonds is 7. The fourth-order valence-corrected chi connectivity index (χ4v) is 3.27. The number of methoxy groups -OCH3 is 1. The Morgan fingerprint density at radius 3 is 2.63 bits per heavy atom. The number of nitrogens with zero attached hydrogens (tertiary/aromatic N) is 2. The molecule has 8 nitrogen and oxygen atoms in total. The van der Waals surface area contributed by atoms with E-state index >= 15 is 0 Å². The summed E-state index contributed by atoms with van der Waals surface area (Å²) < 4.78 is 6.46. The minimum atomic E-state index is -0.402. The van der Waals surface area contributed by atoms with Crippen molar-refractivity contribution < 1.29 is 14.3 Å². The average Bonchev–Trinajstić information content (AvgIpc) is 2.74. The largest absolute Gasteiger partial charge is 0.495 e. The molecule has 0 aliphatic rings. The molecular formula is C21H21ClN4O4. The van der Waals surface area contributed by atoms with Crippen molar-refractivity contribution in [3.63, 3.8) is 0 Å². The highest BCUT2D eigenvalue weighted by molar-refractivity contribution is 6.32. The van der Waals surface area contributed by atoms with Gasteiger partial charge in [-0.2, -0.15) is 0 Å². The van der Waals surface area contributed by atoms with Crippen molar-refractivity contribution in [1.29, 1.82) is 0 Å². The van der Waals surface area contributed by atoms with E-state index in [1.54, 1.807) is 42.5 Å². The molecule has 3 aromatic rings. The van der Waals surface area contributed by atoms with Crippen LogP contribution in [0.5, 0.6) is 5.75 Å². The molecule has 0 fully saturated rings. The number of hydrogen-bond donors (Lipinski definition) is 2. The van der Waals surface area contributed by atoms with Crippen LogP contribution in [-0.4, -0.2) is 35.5 Å². The summed E-state index contributed by atoms with van der Waals surface area (Å²) in [5.74, 6) is -0.0938. The first-order valence-electron chi connectivity index (χ1n) is 9.25. The van der Waals surface area contributed by atoms with Crippen molar-refractivity contribution >= 4 is 40.1 Å². The van der Waals surface area contributed by atoms with E-state index in [1.807, 2.05) is 0 Å². The molecule has 0 radical (unpaired) electrons. The maximum Gasteiger partial charge on any atom is 0.273 e. The van der Waals surface area contributed by atoms with E-state index < -0.39 is 11.5 Å². The molecule has 0 bridgehead atoms. The molecule has 2 amide bonds. The first-order valence-corrected chi connectivity index (χ1v) is 9.63. The summed E-state index contributed by atoms with van der Waals surface area (Å²) >= 11 is 6.10. The molecule has 1 heterocycles. The molecule has 30 heavy (non-hydrogen) atoms. The number of halogens is 1. The lowest BCUT2D eigenvalue weighted by atomic mass is 10.2. The molecule has 156 valence electrons. The Morgan fingerprint density at radius 2 is 1.93 bits per heavy atom. The number of hydrogen-bond acceptors (Lipinski definition) is 5. The lowest BCUT2D eigenvalue weighted by Gasteiger charge is -2.13. The predicted octanol–water partition coefficient (Wildman–Crippen LogP) is 2.38. The number of fused-ring (bicyclic) bond motifs is 1. The third kappa shape index (κ3) is 4.77. The Labute approximate surface area is 177 Å². The molecule has 0 spiro atoms. The van der Waals surface area contributed by atoms with Crippen LogP contribution >= 0.6 is 11.6 Å². The number of amides is 2. The van der Waals surface area contributed by atoms with Gasteiger partial charge in [0.2, 0.25) is 11.8 Å². The van der Waals surface area contributed by atoms with Gasteiger partial charge in [0.15, 0.2) is 0 Å². The maximum atomic E-state index is 13.0. The van der Waals surface area contributed by atoms with Gasteiger partial charge in [0, 0.05) is 25.6 Å². The summed E-state index contributed by atoms with van der Waals surface area (Å²) in [4.78, 5) is 41.6. The molecule has 2 aromatic carbocycles. The van der Waals surface area contributed by atoms with Crippen molar-refractivity contribution in [3.05, 3.63) is 63.5 Å². The number of nitrogens with one attached hydrogen (secondary N) is 2. The van der Waals surface area contributed by atoms with Crippen LogP contribution < -0.4 is 20.9 Å². The fraction of sp³-hybridized carbons (Fsp3) is 0.238. The van der Waals surface area contributed by atoms with Crippen LogP contribution in [0, 0.1) is 0 Å². The van der Waals surface area contributed by atoms with Gasteiger partial charge in [0.1, 0.15) is 18.0 Å². The Balaban J connectivity index is 1.89. The smallest absolute Gasteiger partial charge is 0.273 e. The van der Waals surface area contributed by atoms with Crippen LogP contribution in [0.1, 0.15) is 12.1 Å². The fourth-order valence-electron chi connectivity index (χ4n) is 3.01. The molecule has 2 N–H and O–H groups in total. The van der Waals surface area contributed by atoms with Crippen molar-refractivity contribution in [3.8, 4) is 5.75 Å². The average molecular weight is 429 g/mol. The van der Waals surface area contributed by atoms with Gasteiger partial charge in [-0.15, -0.1) is 0 Å². The normalized spacial score (nSPS) is 10.6. The van der Waals surface area contributed by atoms with Gasteiger partial charge in [0.25, 0.3) is 5.56 Å². The van der Waals surface area contributed by atoms with Crippen LogP contribution in [0.2, 0.25) is 5.02 Å². The Bertz CT molecular complexity index is 1160. The summed E-state index contributed by atoms with van der Waals surface area (Å²) in [6.07, 6.45) is 0.312. The summed E-state index contributed by atoms with van der Waals surface area (Å²) in [5, 5.41) is 5.61. The van der Waals surface area contributed by atoms with Crippen LogP contribution in [-0.2, 0) is 22.6 Å². The van der Waals surface area contributed by atoms with Crippen molar-refractivity contribution in [2.45, 2.75) is 19.4 Å². The highest BCUT2D eigenvalue weighted by Crippen LogP contribution is 2.27. The second-order valence-corrected chi connectivity index (χ2v) is 6.92. The van der Waals surface area contributed by atoms with Gasteiger partial charge < -0.3 is 15.4 Å². The van der Waals surface area contributed by atoms with Crippen molar-refractivity contribution in [2.75, 3.05) is 19.5 Å². The standard InChI is InChI=1S/C21H21ClN4O4/c1-23-19(27)10-8-16-21(29)26(17-6-4-3-5-15(17)25-16)12-20(28)24-13-7-9-18(30-2)14(22)11-13/h3-7,9,11H,8,10,12H2,1-2H3,(H,23,27)(H,24,28). The minimum Gasteiger partial charge on any atom is -0.495 e. The molecule has 1 aromatic heterocycles. The number of ether oxygens (including phenoxy) is 1. The zero-order chi connectivity index (χ0) is 21.7. The van der Waals surface area contributed by atoms with Crippen LogP contribution in [0.3, 0.4) is 0 Å².